The average molecular weight is 1380 g/mol. The number of nitrogens with zero attached hydrogens (tertiary/aromatic N) is 11. The van der Waals surface area contributed by atoms with Gasteiger partial charge < -0.3 is 37.2 Å². The second-order valence-corrected chi connectivity index (χ2v) is 21.6. The van der Waals surface area contributed by atoms with E-state index < -0.39 is 127 Å². The van der Waals surface area contributed by atoms with Gasteiger partial charge in [-0.15, -0.1) is 20.5 Å². The largest absolute Gasteiger partial charge is 1.00 e. The molecule has 2 heterocycles. The van der Waals surface area contributed by atoms with Crippen molar-refractivity contribution in [2.24, 2.45) is 20.5 Å². The zero-order valence-electron chi connectivity index (χ0n) is 42.7. The van der Waals surface area contributed by atoms with Crippen LogP contribution in [0, 0.1) is 20.2 Å². The molecule has 0 saturated carbocycles. The third kappa shape index (κ3) is 18.5. The Kier molecular flexibility index (Phi) is 26.7. The molecule has 0 amide bonds. The number of nitrogens with two attached hydrogens (primary N) is 2. The molecule has 0 fully saturated rings. The summed E-state index contributed by atoms with van der Waals surface area (Å²) in [6.45, 7) is 0. The van der Waals surface area contributed by atoms with E-state index in [9.17, 15) is 92.5 Å². The number of anilines is 6. The number of benzene rings is 6. The Bertz CT molecular complexity index is 4210. The van der Waals surface area contributed by atoms with Crippen molar-refractivity contribution in [3.05, 3.63) is 104 Å². The van der Waals surface area contributed by atoms with Crippen LogP contribution in [-0.4, -0.2) is 107 Å². The Morgan fingerprint density at radius 3 is 1.29 bits per heavy atom. The summed E-state index contributed by atoms with van der Waals surface area (Å²) in [5.41, 5.74) is 6.56. The van der Waals surface area contributed by atoms with Gasteiger partial charge >= 0.3 is 135 Å². The van der Waals surface area contributed by atoms with Crippen LogP contribution < -0.4 is 145 Å². The molecule has 0 aliphatic heterocycles. The number of phenols is 4. The summed E-state index contributed by atoms with van der Waals surface area (Å²) in [7, 11) is -20.2. The smallest absolute Gasteiger partial charge is 0.506 e. The first-order chi connectivity index (χ1) is 37.1. The van der Waals surface area contributed by atoms with Crippen LogP contribution in [-0.2, 0) is 57.3 Å². The zero-order chi connectivity index (χ0) is 59.1. The number of nitro benzene ring substituents is 2. The first-order valence-electron chi connectivity index (χ1n) is 20.4. The van der Waals surface area contributed by atoms with Gasteiger partial charge in [0, 0.05) is 46.4 Å². The fourth-order valence-corrected chi connectivity index (χ4v) is 9.49. The fourth-order valence-electron chi connectivity index (χ4n) is 6.74. The number of phenolic OH excluding ortho intramolecular Hbond substituents is 4. The maximum atomic E-state index is 12.2. The second-order valence-electron chi connectivity index (χ2n) is 15.3. The summed E-state index contributed by atoms with van der Waals surface area (Å²) in [6.07, 6.45) is 0. The fraction of sp³-hybridized carbons (Fsp3) is 0. The summed E-state index contributed by atoms with van der Waals surface area (Å²) in [6, 6.07) is 9.94. The van der Waals surface area contributed by atoms with Crippen LogP contribution in [0.25, 0.3) is 21.5 Å². The first kappa shape index (κ1) is 76.1. The summed E-state index contributed by atoms with van der Waals surface area (Å²) in [5, 5.41) is 81.5. The van der Waals surface area contributed by atoms with Gasteiger partial charge in [0.2, 0.25) is 17.2 Å². The molecule has 8 rings (SSSR count). The number of fused-ring (bicyclic) bond motifs is 2. The molecule has 2 aromatic heterocycles. The molecule has 0 aliphatic carbocycles. The molecule has 47 heteroatoms. The number of aromatic amines is 1. The molecule has 425 valence electrons. The molecule has 36 nitrogen and oxygen atoms in total. The number of hydrogen-bond donors (Lipinski definition) is 12. The number of aromatic hydroxyl groups is 4. The minimum Gasteiger partial charge on any atom is -0.506 e. The molecule has 15 N–H and O–H groups in total. The number of aromatic nitrogens is 6. The molecule has 1 radical (unpaired) electrons. The molecular formula is C38H27Cl2CoN16Na4O20S4+5. The Morgan fingerprint density at radius 2 is 0.929 bits per heavy atom. The van der Waals surface area contributed by atoms with Gasteiger partial charge in [-0.3, -0.25) is 43.8 Å². The van der Waals surface area contributed by atoms with E-state index in [4.69, 9.17) is 34.7 Å². The molecule has 6 aromatic carbocycles. The number of nitro groups is 2. The van der Waals surface area contributed by atoms with Crippen molar-refractivity contribution >= 4 is 155 Å². The van der Waals surface area contributed by atoms with Crippen molar-refractivity contribution in [3.63, 3.8) is 0 Å². The van der Waals surface area contributed by atoms with Crippen LogP contribution in [0.1, 0.15) is 0 Å². The van der Waals surface area contributed by atoms with Gasteiger partial charge in [0.1, 0.15) is 44.0 Å². The standard InChI is InChI=1S/2C19H13ClN8O10S2.Co.4Na/c2*20-17-23-18(21)25-19(24-17)22-11-6-9(39(33,34)35)3-7-4-13(40(36,37)38)15(16(30)14(7)11)27-26-10-5-8(28(31)32)1-2-12(10)29;;;;;/h2*1-6,29-30H,(H,33,34,35)(H,36,37,38)(H3,21,22,23,24,25);;;;;/q;;;4*+1/p+1. The molecule has 0 unspecified atom stereocenters. The van der Waals surface area contributed by atoms with Gasteiger partial charge in [-0.05, 0) is 82.5 Å². The summed E-state index contributed by atoms with van der Waals surface area (Å²) < 4.78 is 135. The summed E-state index contributed by atoms with van der Waals surface area (Å²) in [4.78, 5) is 37.7. The first-order valence-corrected chi connectivity index (χ1v) is 26.9. The van der Waals surface area contributed by atoms with Crippen molar-refractivity contribution < 1.29 is 222 Å². The normalized spacial score (nSPS) is 11.5. The number of halogens is 2. The van der Waals surface area contributed by atoms with Gasteiger partial charge in [-0.1, -0.05) is 9.97 Å². The van der Waals surface area contributed by atoms with Crippen molar-refractivity contribution in [3.8, 4) is 23.0 Å². The van der Waals surface area contributed by atoms with E-state index in [1.54, 1.807) is 0 Å². The van der Waals surface area contributed by atoms with Crippen molar-refractivity contribution in [1.82, 2.24) is 24.9 Å². The zero-order valence-corrected chi connectivity index (χ0v) is 56.5. The van der Waals surface area contributed by atoms with Crippen molar-refractivity contribution in [1.29, 1.82) is 0 Å². The molecule has 85 heavy (non-hydrogen) atoms. The number of hydrogen-bond acceptors (Lipinski definition) is 29. The van der Waals surface area contributed by atoms with Crippen molar-refractivity contribution in [2.75, 3.05) is 22.1 Å². The minimum absolute atomic E-state index is 0. The topological polar surface area (TPSA) is 589 Å². The molecule has 8 aromatic rings. The van der Waals surface area contributed by atoms with Crippen LogP contribution in [0.3, 0.4) is 0 Å². The predicted octanol–water partition coefficient (Wildman–Crippen LogP) is -6.10. The van der Waals surface area contributed by atoms with Crippen LogP contribution in [0.5, 0.6) is 23.0 Å². The van der Waals surface area contributed by atoms with E-state index in [2.05, 4.69) is 61.0 Å². The van der Waals surface area contributed by atoms with E-state index >= 15 is 0 Å². The third-order valence-electron chi connectivity index (χ3n) is 10.0. The summed E-state index contributed by atoms with van der Waals surface area (Å²) >= 11 is 11.5. The minimum atomic E-state index is -5.20. The van der Waals surface area contributed by atoms with E-state index in [1.165, 1.54) is 0 Å². The number of rotatable bonds is 14. The molecule has 0 atom stereocenters. The van der Waals surface area contributed by atoms with Gasteiger partial charge in [0.05, 0.1) is 36.4 Å². The maximum Gasteiger partial charge on any atom is 1.00 e. The number of nitrogen functional groups attached to an aromatic ring is 2. The van der Waals surface area contributed by atoms with Gasteiger partial charge in [-0.2, -0.15) is 48.6 Å². The van der Waals surface area contributed by atoms with Gasteiger partial charge in [0.25, 0.3) is 51.8 Å². The van der Waals surface area contributed by atoms with Crippen molar-refractivity contribution in [2.45, 2.75) is 19.6 Å². The van der Waals surface area contributed by atoms with E-state index in [1.807, 2.05) is 0 Å². The molecule has 0 saturated heterocycles. The van der Waals surface area contributed by atoms with Crippen LogP contribution >= 0.6 is 23.2 Å². The predicted molar refractivity (Wildman–Crippen MR) is 272 cm³/mol. The van der Waals surface area contributed by atoms with Gasteiger partial charge in [-0.25, -0.2) is 4.98 Å². The second kappa shape index (κ2) is 29.8. The van der Waals surface area contributed by atoms with E-state index in [-0.39, 0.29) is 202 Å². The quantitative estimate of drug-likeness (QED) is 0.0158. The van der Waals surface area contributed by atoms with Gasteiger partial charge in [0.15, 0.2) is 11.5 Å². The van der Waals surface area contributed by atoms with Crippen LogP contribution in [0.2, 0.25) is 10.6 Å². The summed E-state index contributed by atoms with van der Waals surface area (Å²) in [5.74, 6) is -4.43. The van der Waals surface area contributed by atoms with E-state index in [0.717, 1.165) is 60.7 Å². The molecule has 0 bridgehead atoms. The van der Waals surface area contributed by atoms with E-state index in [0.29, 0.717) is 12.1 Å². The Hall–Kier alpha value is -5.01. The Balaban J connectivity index is 0.000000548. The Morgan fingerprint density at radius 1 is 0.529 bits per heavy atom. The third-order valence-corrected chi connectivity index (χ3v) is 13.8. The average Bonchev–Trinajstić information content (AvgIpc) is 2.37. The Labute approximate surface area is 583 Å². The SMILES string of the molecule is Nc1nc(Cl)nc(Nc2cc(S(=O)(=O)O)cc3cc(S(=O)(=O)O)c(N=Nc4cc([N+](=O)[O-])ccc4O)c(O)c23)[nH+]1.Nc1nc(Cl)nc(Nc2cc(S(=O)(=O)O)cc3cc(S(=O)(=O)O)c(N=Nc4cc([N+](=O)[O-])ccc4O)c(O)c23)n1.[Co].[Na+].[Na+].[Na+].[Na+]. The number of non-ortho nitro benzene ring substituents is 2. The number of H-pyrrole nitrogens is 1. The maximum absolute atomic E-state index is 12.2. The molecule has 0 spiro atoms. The molecule has 0 aliphatic rings. The number of azo groups is 2. The molecular weight excluding hydrogens is 1350 g/mol. The monoisotopic (exact) mass is 1380 g/mol. The number of nitrogens with one attached hydrogen (secondary N) is 3. The van der Waals surface area contributed by atoms with Crippen LogP contribution in [0.4, 0.5) is 69.3 Å². The van der Waals surface area contributed by atoms with Crippen LogP contribution in [0.15, 0.2) is 113 Å².